The summed E-state index contributed by atoms with van der Waals surface area (Å²) in [5.74, 6) is 0.692. The third-order valence-corrected chi connectivity index (χ3v) is 3.14. The Kier molecular flexibility index (Phi) is 8.52. The Morgan fingerprint density at radius 2 is 1.84 bits per heavy atom. The Morgan fingerprint density at radius 1 is 1.11 bits per heavy atom. The molecule has 0 bridgehead atoms. The van der Waals surface area contributed by atoms with Crippen molar-refractivity contribution in [1.82, 2.24) is 5.32 Å². The van der Waals surface area contributed by atoms with Crippen LogP contribution in [0.5, 0.6) is 0 Å². The van der Waals surface area contributed by atoms with Crippen molar-refractivity contribution in [2.45, 2.75) is 53.2 Å². The molecule has 0 unspecified atom stereocenters. The van der Waals surface area contributed by atoms with Crippen LogP contribution >= 0.6 is 0 Å². The molecule has 0 saturated heterocycles. The van der Waals surface area contributed by atoms with E-state index in [2.05, 4.69) is 50.4 Å². The third-order valence-electron chi connectivity index (χ3n) is 3.14. The lowest BCUT2D eigenvalue weighted by atomic mass is 10.1. The van der Waals surface area contributed by atoms with Gasteiger partial charge in [0.1, 0.15) is 0 Å². The Morgan fingerprint density at radius 3 is 2.53 bits per heavy atom. The summed E-state index contributed by atoms with van der Waals surface area (Å²) in [6.07, 6.45) is 3.68. The van der Waals surface area contributed by atoms with E-state index < -0.39 is 0 Å². The summed E-state index contributed by atoms with van der Waals surface area (Å²) < 4.78 is 5.76. The minimum Gasteiger partial charge on any atom is -0.377 e. The summed E-state index contributed by atoms with van der Waals surface area (Å²) in [6, 6.07) is 8.56. The maximum atomic E-state index is 5.76. The van der Waals surface area contributed by atoms with E-state index in [0.29, 0.717) is 5.92 Å². The number of unbranched alkanes of at least 4 members (excludes halogenated alkanes) is 2. The van der Waals surface area contributed by atoms with Crippen LogP contribution in [0, 0.1) is 5.92 Å². The molecule has 0 aromatic heterocycles. The van der Waals surface area contributed by atoms with Crippen LogP contribution in [0.4, 0.5) is 0 Å². The summed E-state index contributed by atoms with van der Waals surface area (Å²) in [7, 11) is 0. The molecule has 0 aliphatic heterocycles. The molecule has 0 spiro atoms. The highest BCUT2D eigenvalue weighted by atomic mass is 16.5. The van der Waals surface area contributed by atoms with E-state index in [1.807, 2.05) is 0 Å². The van der Waals surface area contributed by atoms with Crippen molar-refractivity contribution in [1.29, 1.82) is 0 Å². The molecule has 2 nitrogen and oxygen atoms in total. The maximum absolute atomic E-state index is 5.76. The highest BCUT2D eigenvalue weighted by Gasteiger charge is 2.02. The Labute approximate surface area is 118 Å². The van der Waals surface area contributed by atoms with Gasteiger partial charge < -0.3 is 10.1 Å². The smallest absolute Gasteiger partial charge is 0.0720 e. The van der Waals surface area contributed by atoms with Gasteiger partial charge in [-0.1, -0.05) is 57.9 Å². The molecule has 1 rings (SSSR count). The lowest BCUT2D eigenvalue weighted by Gasteiger charge is -2.12. The van der Waals surface area contributed by atoms with Gasteiger partial charge in [0.05, 0.1) is 6.61 Å². The molecule has 0 fully saturated rings. The Hall–Kier alpha value is -0.860. The first-order chi connectivity index (χ1) is 9.24. The van der Waals surface area contributed by atoms with Crippen molar-refractivity contribution in [2.24, 2.45) is 5.92 Å². The number of nitrogens with one attached hydrogen (secondary N) is 1. The molecule has 0 heterocycles. The average Bonchev–Trinajstić information content (AvgIpc) is 2.40. The molecule has 19 heavy (non-hydrogen) atoms. The van der Waals surface area contributed by atoms with E-state index in [9.17, 15) is 0 Å². The van der Waals surface area contributed by atoms with Crippen molar-refractivity contribution in [3.05, 3.63) is 35.4 Å². The first-order valence-electron chi connectivity index (χ1n) is 7.59. The second kappa shape index (κ2) is 9.99. The van der Waals surface area contributed by atoms with Crippen LogP contribution in [0.15, 0.2) is 24.3 Å². The van der Waals surface area contributed by atoms with Crippen molar-refractivity contribution in [3.8, 4) is 0 Å². The van der Waals surface area contributed by atoms with Gasteiger partial charge in [0.25, 0.3) is 0 Å². The lowest BCUT2D eigenvalue weighted by Crippen LogP contribution is -2.19. The number of ether oxygens (including phenoxy) is 1. The molecule has 108 valence electrons. The fraction of sp³-hybridized carbons (Fsp3) is 0.647. The van der Waals surface area contributed by atoms with E-state index in [-0.39, 0.29) is 0 Å². The van der Waals surface area contributed by atoms with Crippen LogP contribution in [-0.2, 0) is 17.9 Å². The molecule has 1 N–H and O–H groups in total. The minimum atomic E-state index is 0.692. The van der Waals surface area contributed by atoms with Gasteiger partial charge >= 0.3 is 0 Å². The molecule has 0 aliphatic rings. The maximum Gasteiger partial charge on any atom is 0.0720 e. The fourth-order valence-electron chi connectivity index (χ4n) is 2.00. The van der Waals surface area contributed by atoms with Crippen LogP contribution < -0.4 is 5.32 Å². The molecule has 1 aromatic rings. The van der Waals surface area contributed by atoms with Crippen LogP contribution in [0.1, 0.15) is 51.2 Å². The van der Waals surface area contributed by atoms with Gasteiger partial charge in [0.15, 0.2) is 0 Å². The van der Waals surface area contributed by atoms with Gasteiger partial charge in [-0.2, -0.15) is 0 Å². The molecule has 1 aromatic carbocycles. The topological polar surface area (TPSA) is 21.3 Å². The molecule has 2 heteroatoms. The fourth-order valence-corrected chi connectivity index (χ4v) is 2.00. The Bertz CT molecular complexity index is 336. The van der Waals surface area contributed by atoms with Gasteiger partial charge in [-0.05, 0) is 30.0 Å². The second-order valence-electron chi connectivity index (χ2n) is 5.55. The SMILES string of the molecule is CCCCCOCc1ccccc1CNCC(C)C. The van der Waals surface area contributed by atoms with Crippen LogP contribution in [0.25, 0.3) is 0 Å². The number of hydrogen-bond donors (Lipinski definition) is 1. The van der Waals surface area contributed by atoms with Crippen molar-refractivity contribution < 1.29 is 4.74 Å². The van der Waals surface area contributed by atoms with Crippen molar-refractivity contribution in [2.75, 3.05) is 13.2 Å². The molecular weight excluding hydrogens is 234 g/mol. The third kappa shape index (κ3) is 7.34. The van der Waals surface area contributed by atoms with Crippen molar-refractivity contribution in [3.63, 3.8) is 0 Å². The van der Waals surface area contributed by atoms with E-state index >= 15 is 0 Å². The standard InChI is InChI=1S/C17H29NO/c1-4-5-8-11-19-14-17-10-7-6-9-16(17)13-18-12-15(2)3/h6-7,9-10,15,18H,4-5,8,11-14H2,1-3H3. The largest absolute Gasteiger partial charge is 0.377 e. The van der Waals surface area contributed by atoms with E-state index in [0.717, 1.165) is 26.3 Å². The van der Waals surface area contributed by atoms with E-state index in [1.165, 1.54) is 30.4 Å². The zero-order valence-corrected chi connectivity index (χ0v) is 12.7. The predicted molar refractivity (Wildman–Crippen MR) is 82.2 cm³/mol. The van der Waals surface area contributed by atoms with Gasteiger partial charge in [0.2, 0.25) is 0 Å². The molecule has 0 aliphatic carbocycles. The molecule has 0 saturated carbocycles. The molecule has 0 amide bonds. The first kappa shape index (κ1) is 16.2. The zero-order valence-electron chi connectivity index (χ0n) is 12.7. The van der Waals surface area contributed by atoms with Gasteiger partial charge in [0, 0.05) is 13.2 Å². The predicted octanol–water partition coefficient (Wildman–Crippen LogP) is 4.14. The van der Waals surface area contributed by atoms with Crippen LogP contribution in [0.2, 0.25) is 0 Å². The van der Waals surface area contributed by atoms with Crippen molar-refractivity contribution >= 4 is 0 Å². The highest BCUT2D eigenvalue weighted by Crippen LogP contribution is 2.10. The van der Waals surface area contributed by atoms with Gasteiger partial charge in [-0.25, -0.2) is 0 Å². The van der Waals surface area contributed by atoms with Gasteiger partial charge in [-0.3, -0.25) is 0 Å². The second-order valence-corrected chi connectivity index (χ2v) is 5.55. The average molecular weight is 263 g/mol. The van der Waals surface area contributed by atoms with Crippen LogP contribution in [0.3, 0.4) is 0 Å². The summed E-state index contributed by atoms with van der Waals surface area (Å²) in [5.41, 5.74) is 2.67. The summed E-state index contributed by atoms with van der Waals surface area (Å²) in [6.45, 7) is 10.3. The molecular formula is C17H29NO. The quantitative estimate of drug-likeness (QED) is 0.641. The van der Waals surface area contributed by atoms with E-state index in [1.54, 1.807) is 0 Å². The Balaban J connectivity index is 2.35. The molecule has 0 atom stereocenters. The van der Waals surface area contributed by atoms with E-state index in [4.69, 9.17) is 4.74 Å². The van der Waals surface area contributed by atoms with Crippen LogP contribution in [-0.4, -0.2) is 13.2 Å². The normalized spacial score (nSPS) is 11.2. The minimum absolute atomic E-state index is 0.692. The zero-order chi connectivity index (χ0) is 13.9. The lowest BCUT2D eigenvalue weighted by molar-refractivity contribution is 0.116. The summed E-state index contributed by atoms with van der Waals surface area (Å²) in [5, 5.41) is 3.50. The van der Waals surface area contributed by atoms with Gasteiger partial charge in [-0.15, -0.1) is 0 Å². The first-order valence-corrected chi connectivity index (χ1v) is 7.59. The summed E-state index contributed by atoms with van der Waals surface area (Å²) >= 11 is 0. The monoisotopic (exact) mass is 263 g/mol. The summed E-state index contributed by atoms with van der Waals surface area (Å²) in [4.78, 5) is 0. The molecule has 0 radical (unpaired) electrons. The highest BCUT2D eigenvalue weighted by molar-refractivity contribution is 5.26. The number of hydrogen-bond acceptors (Lipinski definition) is 2. The number of rotatable bonds is 10. The number of benzene rings is 1.